The average molecular weight is 385 g/mol. The van der Waals surface area contributed by atoms with Gasteiger partial charge >= 0.3 is 0 Å². The first-order valence-corrected chi connectivity index (χ1v) is 10.5. The van der Waals surface area contributed by atoms with Crippen molar-refractivity contribution in [2.75, 3.05) is 13.1 Å². The third-order valence-electron chi connectivity index (χ3n) is 5.67. The van der Waals surface area contributed by atoms with Crippen molar-refractivity contribution >= 4 is 5.91 Å². The summed E-state index contributed by atoms with van der Waals surface area (Å²) in [5.74, 6) is 0.0656. The molecule has 1 N–H and O–H groups in total. The Bertz CT molecular complexity index is 850. The molecule has 0 aromatic heterocycles. The number of carbonyl (C=O) groups is 1. The molecule has 3 aromatic rings. The van der Waals surface area contributed by atoms with Gasteiger partial charge in [-0.1, -0.05) is 97.4 Å². The maximum absolute atomic E-state index is 13.6. The van der Waals surface area contributed by atoms with Gasteiger partial charge in [0.15, 0.2) is 0 Å². The fourth-order valence-electron chi connectivity index (χ4n) is 4.21. The lowest BCUT2D eigenvalue weighted by Gasteiger charge is -2.35. The van der Waals surface area contributed by atoms with Crippen molar-refractivity contribution in [3.8, 4) is 0 Å². The number of amides is 1. The molecule has 0 saturated carbocycles. The van der Waals surface area contributed by atoms with Crippen LogP contribution in [0.2, 0.25) is 0 Å². The molecule has 0 bridgehead atoms. The summed E-state index contributed by atoms with van der Waals surface area (Å²) in [6.45, 7) is 1.93. The van der Waals surface area contributed by atoms with E-state index in [1.165, 1.54) is 6.42 Å². The van der Waals surface area contributed by atoms with Gasteiger partial charge in [-0.25, -0.2) is 0 Å². The first-order valence-electron chi connectivity index (χ1n) is 10.5. The van der Waals surface area contributed by atoms with Crippen LogP contribution in [0.3, 0.4) is 0 Å². The lowest BCUT2D eigenvalue weighted by molar-refractivity contribution is -0.127. The molecule has 1 fully saturated rings. The van der Waals surface area contributed by atoms with Crippen LogP contribution in [-0.2, 0) is 4.79 Å². The summed E-state index contributed by atoms with van der Waals surface area (Å²) in [6.07, 6.45) is 3.55. The number of hydrogen-bond donors (Lipinski definition) is 1. The van der Waals surface area contributed by atoms with Gasteiger partial charge < -0.3 is 5.32 Å². The molecule has 1 amide bonds. The molecule has 148 valence electrons. The third-order valence-corrected chi connectivity index (χ3v) is 5.67. The predicted molar refractivity (Wildman–Crippen MR) is 117 cm³/mol. The molecule has 3 heteroatoms. The van der Waals surface area contributed by atoms with E-state index in [-0.39, 0.29) is 18.0 Å². The standard InChI is InChI=1S/C26H28N2O/c29-26(25(23-17-9-3-10-18-23)28-19-11-4-12-20-28)27-24(21-13-5-1-6-14-21)22-15-7-2-8-16-22/h1-3,5-10,13-18,24-25H,4,11-12,19-20H2,(H,27,29). The van der Waals surface area contributed by atoms with E-state index in [1.54, 1.807) is 0 Å². The summed E-state index contributed by atoms with van der Waals surface area (Å²) in [7, 11) is 0. The number of carbonyl (C=O) groups excluding carboxylic acids is 1. The minimum atomic E-state index is -0.258. The first-order chi connectivity index (χ1) is 14.3. The van der Waals surface area contributed by atoms with Crippen molar-refractivity contribution in [3.05, 3.63) is 108 Å². The molecule has 1 heterocycles. The molecule has 0 spiro atoms. The van der Waals surface area contributed by atoms with E-state index < -0.39 is 0 Å². The van der Waals surface area contributed by atoms with Crippen LogP contribution in [0.1, 0.15) is 48.0 Å². The zero-order chi connectivity index (χ0) is 19.9. The highest BCUT2D eigenvalue weighted by Crippen LogP contribution is 2.28. The Morgan fingerprint density at radius 1 is 0.655 bits per heavy atom. The van der Waals surface area contributed by atoms with Crippen LogP contribution in [0.15, 0.2) is 91.0 Å². The summed E-state index contributed by atoms with van der Waals surface area (Å²) in [4.78, 5) is 16.0. The van der Waals surface area contributed by atoms with Crippen molar-refractivity contribution in [3.63, 3.8) is 0 Å². The fourth-order valence-corrected chi connectivity index (χ4v) is 4.21. The van der Waals surface area contributed by atoms with E-state index in [9.17, 15) is 4.79 Å². The number of nitrogens with zero attached hydrogens (tertiary/aromatic N) is 1. The molecule has 1 unspecified atom stereocenters. The van der Waals surface area contributed by atoms with Crippen LogP contribution >= 0.6 is 0 Å². The van der Waals surface area contributed by atoms with Crippen molar-refractivity contribution in [2.45, 2.75) is 31.3 Å². The smallest absolute Gasteiger partial charge is 0.242 e. The highest BCUT2D eigenvalue weighted by molar-refractivity contribution is 5.84. The van der Waals surface area contributed by atoms with E-state index in [1.807, 2.05) is 54.6 Å². The van der Waals surface area contributed by atoms with Crippen LogP contribution in [0, 0.1) is 0 Å². The maximum atomic E-state index is 13.6. The van der Waals surface area contributed by atoms with Gasteiger partial charge in [-0.15, -0.1) is 0 Å². The molecule has 0 radical (unpaired) electrons. The molecule has 29 heavy (non-hydrogen) atoms. The zero-order valence-electron chi connectivity index (χ0n) is 16.7. The summed E-state index contributed by atoms with van der Waals surface area (Å²) in [5.41, 5.74) is 3.25. The summed E-state index contributed by atoms with van der Waals surface area (Å²) in [5, 5.41) is 3.36. The Morgan fingerprint density at radius 3 is 1.59 bits per heavy atom. The topological polar surface area (TPSA) is 32.3 Å². The van der Waals surface area contributed by atoms with E-state index >= 15 is 0 Å². The van der Waals surface area contributed by atoms with E-state index in [0.29, 0.717) is 0 Å². The number of nitrogens with one attached hydrogen (secondary N) is 1. The fraction of sp³-hybridized carbons (Fsp3) is 0.269. The molecular weight excluding hydrogens is 356 g/mol. The first kappa shape index (κ1) is 19.4. The third kappa shape index (κ3) is 4.75. The second kappa shape index (κ2) is 9.53. The van der Waals surface area contributed by atoms with Gasteiger partial charge in [0.05, 0.1) is 6.04 Å². The van der Waals surface area contributed by atoms with Crippen LogP contribution in [-0.4, -0.2) is 23.9 Å². The van der Waals surface area contributed by atoms with Crippen LogP contribution < -0.4 is 5.32 Å². The van der Waals surface area contributed by atoms with E-state index in [4.69, 9.17) is 0 Å². The van der Waals surface area contributed by atoms with E-state index in [2.05, 4.69) is 46.6 Å². The molecule has 1 atom stereocenters. The molecule has 4 rings (SSSR count). The molecule has 1 aliphatic heterocycles. The largest absolute Gasteiger partial charge is 0.344 e. The van der Waals surface area contributed by atoms with Crippen LogP contribution in [0.25, 0.3) is 0 Å². The normalized spacial score (nSPS) is 15.8. The average Bonchev–Trinajstić information content (AvgIpc) is 2.80. The second-order valence-electron chi connectivity index (χ2n) is 7.67. The maximum Gasteiger partial charge on any atom is 0.242 e. The van der Waals surface area contributed by atoms with Crippen molar-refractivity contribution < 1.29 is 4.79 Å². The van der Waals surface area contributed by atoms with Gasteiger partial charge in [-0.05, 0) is 42.6 Å². The highest BCUT2D eigenvalue weighted by Gasteiger charge is 2.30. The lowest BCUT2D eigenvalue weighted by atomic mass is 9.96. The molecule has 0 aliphatic carbocycles. The predicted octanol–water partition coefficient (Wildman–Crippen LogP) is 5.12. The number of benzene rings is 3. The Kier molecular flexibility index (Phi) is 6.38. The minimum absolute atomic E-state index is 0.0656. The zero-order valence-corrected chi connectivity index (χ0v) is 16.7. The Labute approximate surface area is 173 Å². The molecule has 3 nitrogen and oxygen atoms in total. The SMILES string of the molecule is O=C(NC(c1ccccc1)c1ccccc1)C(c1ccccc1)N1CCCCC1. The Morgan fingerprint density at radius 2 is 1.10 bits per heavy atom. The number of piperidine rings is 1. The van der Waals surface area contributed by atoms with Gasteiger partial charge in [-0.3, -0.25) is 9.69 Å². The van der Waals surface area contributed by atoms with Gasteiger partial charge in [0, 0.05) is 0 Å². The summed E-state index contributed by atoms with van der Waals surface area (Å²) >= 11 is 0. The summed E-state index contributed by atoms with van der Waals surface area (Å²) in [6, 6.07) is 30.2. The summed E-state index contributed by atoms with van der Waals surface area (Å²) < 4.78 is 0. The Balaban J connectivity index is 1.65. The van der Waals surface area contributed by atoms with Crippen molar-refractivity contribution in [2.24, 2.45) is 0 Å². The van der Waals surface area contributed by atoms with Crippen LogP contribution in [0.5, 0.6) is 0 Å². The van der Waals surface area contributed by atoms with E-state index in [0.717, 1.165) is 42.6 Å². The monoisotopic (exact) mass is 384 g/mol. The molecular formula is C26H28N2O. The second-order valence-corrected chi connectivity index (χ2v) is 7.67. The highest BCUT2D eigenvalue weighted by atomic mass is 16.2. The van der Waals surface area contributed by atoms with Gasteiger partial charge in [0.25, 0.3) is 0 Å². The van der Waals surface area contributed by atoms with Gasteiger partial charge in [0.2, 0.25) is 5.91 Å². The number of rotatable bonds is 6. The number of likely N-dealkylation sites (tertiary alicyclic amines) is 1. The minimum Gasteiger partial charge on any atom is -0.344 e. The van der Waals surface area contributed by atoms with Crippen molar-refractivity contribution in [1.82, 2.24) is 10.2 Å². The van der Waals surface area contributed by atoms with Crippen molar-refractivity contribution in [1.29, 1.82) is 0 Å². The molecule has 1 aliphatic rings. The number of hydrogen-bond acceptors (Lipinski definition) is 2. The molecule has 3 aromatic carbocycles. The Hall–Kier alpha value is -2.91. The van der Waals surface area contributed by atoms with Gasteiger partial charge in [0.1, 0.15) is 6.04 Å². The van der Waals surface area contributed by atoms with Gasteiger partial charge in [-0.2, -0.15) is 0 Å². The molecule has 1 saturated heterocycles. The van der Waals surface area contributed by atoms with Crippen LogP contribution in [0.4, 0.5) is 0 Å². The quantitative estimate of drug-likeness (QED) is 0.640. The lowest BCUT2D eigenvalue weighted by Crippen LogP contribution is -2.44.